The Morgan fingerprint density at radius 2 is 1.86 bits per heavy atom. The zero-order valence-corrected chi connectivity index (χ0v) is 24.8. The first-order chi connectivity index (χ1) is 21.5. The number of aryl methyl sites for hydroxylation is 1. The minimum atomic E-state index is -0.101. The molecule has 8 rings (SSSR count). The van der Waals surface area contributed by atoms with Crippen LogP contribution in [0.15, 0.2) is 84.2 Å². The van der Waals surface area contributed by atoms with Crippen LogP contribution in [0.4, 0.5) is 11.6 Å². The number of benzene rings is 1. The molecular formula is C33H30ClN7O3. The fourth-order valence-corrected chi connectivity index (χ4v) is 6.16. The summed E-state index contributed by atoms with van der Waals surface area (Å²) in [6, 6.07) is 17.8. The van der Waals surface area contributed by atoms with E-state index in [1.807, 2.05) is 66.5 Å². The molecule has 1 N–H and O–H groups in total. The highest BCUT2D eigenvalue weighted by atomic mass is 35.5. The molecule has 0 amide bonds. The predicted octanol–water partition coefficient (Wildman–Crippen LogP) is 6.76. The predicted molar refractivity (Wildman–Crippen MR) is 168 cm³/mol. The van der Waals surface area contributed by atoms with Crippen LogP contribution in [-0.2, 0) is 18.4 Å². The van der Waals surface area contributed by atoms with Gasteiger partial charge in [0.2, 0.25) is 5.95 Å². The number of halogens is 1. The molecule has 5 heterocycles. The second-order valence-corrected chi connectivity index (χ2v) is 11.9. The van der Waals surface area contributed by atoms with Gasteiger partial charge in [-0.05, 0) is 60.9 Å². The first-order valence-electron chi connectivity index (χ1n) is 14.8. The maximum atomic E-state index is 13.9. The standard InChI is InChI=1S/C33H30ClN7O3/c1-39-30-29(34)28(44-27-17-36-41-14-6-5-9-25(27)41)16-35-31(30)38-33(39)37-23-15-22(21-10-11-21)18-40(32(23)42)24-12-13-26(24)43-19-20-7-3-2-4-8-20/h2-9,14-18,21,24,26H,10-13,19H2,1H3,(H,35,37,38)/t24-,26-/m1/s1. The fourth-order valence-electron chi connectivity index (χ4n) is 5.87. The Bertz CT molecular complexity index is 2070. The lowest BCUT2D eigenvalue weighted by molar-refractivity contribution is -0.0503. The molecule has 5 aromatic heterocycles. The van der Waals surface area contributed by atoms with Crippen LogP contribution in [0, 0.1) is 0 Å². The topological polar surface area (TPSA) is 100 Å². The van der Waals surface area contributed by atoms with Crippen LogP contribution in [0.2, 0.25) is 5.02 Å². The number of rotatable bonds is 9. The number of nitrogens with zero attached hydrogens (tertiary/aromatic N) is 6. The van der Waals surface area contributed by atoms with E-state index in [0.29, 0.717) is 51.8 Å². The van der Waals surface area contributed by atoms with Crippen molar-refractivity contribution in [1.82, 2.24) is 28.7 Å². The number of ether oxygens (including phenoxy) is 2. The lowest BCUT2D eigenvalue weighted by atomic mass is 9.88. The van der Waals surface area contributed by atoms with Gasteiger partial charge in [-0.1, -0.05) is 48.0 Å². The molecular weight excluding hydrogens is 578 g/mol. The lowest BCUT2D eigenvalue weighted by Crippen LogP contribution is -2.41. The first kappa shape index (κ1) is 26.9. The van der Waals surface area contributed by atoms with Crippen LogP contribution in [0.25, 0.3) is 16.7 Å². The smallest absolute Gasteiger partial charge is 0.274 e. The van der Waals surface area contributed by atoms with E-state index in [9.17, 15) is 4.79 Å². The largest absolute Gasteiger partial charge is 0.450 e. The minimum absolute atomic E-state index is 0.0124. The molecule has 0 unspecified atom stereocenters. The zero-order valence-electron chi connectivity index (χ0n) is 24.1. The number of fused-ring (bicyclic) bond motifs is 2. The third-order valence-corrected chi connectivity index (χ3v) is 8.98. The molecule has 2 atom stereocenters. The van der Waals surface area contributed by atoms with Crippen molar-refractivity contribution in [2.24, 2.45) is 7.05 Å². The third kappa shape index (κ3) is 4.80. The first-order valence-corrected chi connectivity index (χ1v) is 15.2. The van der Waals surface area contributed by atoms with Crippen molar-refractivity contribution < 1.29 is 9.47 Å². The summed E-state index contributed by atoms with van der Waals surface area (Å²) < 4.78 is 17.8. The molecule has 6 aromatic rings. The molecule has 2 saturated carbocycles. The molecule has 0 aliphatic heterocycles. The molecule has 11 heteroatoms. The van der Waals surface area contributed by atoms with Crippen molar-refractivity contribution in [2.45, 2.75) is 50.4 Å². The summed E-state index contributed by atoms with van der Waals surface area (Å²) in [5.41, 5.74) is 4.49. The second-order valence-electron chi connectivity index (χ2n) is 11.5. The Hall–Kier alpha value is -4.67. The number of anilines is 2. The summed E-state index contributed by atoms with van der Waals surface area (Å²) in [6.07, 6.45) is 11.1. The minimum Gasteiger partial charge on any atom is -0.450 e. The van der Waals surface area contributed by atoms with E-state index in [2.05, 4.69) is 32.5 Å². The van der Waals surface area contributed by atoms with E-state index in [1.165, 1.54) is 0 Å². The van der Waals surface area contributed by atoms with E-state index < -0.39 is 0 Å². The molecule has 10 nitrogen and oxygen atoms in total. The number of nitrogens with one attached hydrogen (secondary N) is 1. The van der Waals surface area contributed by atoms with Gasteiger partial charge in [-0.3, -0.25) is 4.79 Å². The van der Waals surface area contributed by atoms with Gasteiger partial charge in [-0.25, -0.2) is 9.50 Å². The molecule has 0 spiro atoms. The molecule has 2 aliphatic carbocycles. The molecule has 0 bridgehead atoms. The van der Waals surface area contributed by atoms with Crippen LogP contribution in [-0.4, -0.2) is 34.8 Å². The van der Waals surface area contributed by atoms with Gasteiger partial charge in [0.15, 0.2) is 17.1 Å². The van der Waals surface area contributed by atoms with Crippen molar-refractivity contribution >= 4 is 39.9 Å². The van der Waals surface area contributed by atoms with E-state index in [4.69, 9.17) is 21.1 Å². The molecule has 2 fully saturated rings. The number of imidazole rings is 1. The van der Waals surface area contributed by atoms with Crippen molar-refractivity contribution in [1.29, 1.82) is 0 Å². The Labute approximate surface area is 257 Å². The average molecular weight is 608 g/mol. The molecule has 44 heavy (non-hydrogen) atoms. The van der Waals surface area contributed by atoms with Gasteiger partial charge >= 0.3 is 0 Å². The number of hydrogen-bond donors (Lipinski definition) is 1. The molecule has 1 aromatic carbocycles. The van der Waals surface area contributed by atoms with E-state index in [0.717, 1.165) is 42.3 Å². The molecule has 0 radical (unpaired) electrons. The van der Waals surface area contributed by atoms with Crippen molar-refractivity contribution in [2.75, 3.05) is 5.32 Å². The second kappa shape index (κ2) is 10.8. The van der Waals surface area contributed by atoms with E-state index in [1.54, 1.807) is 21.5 Å². The van der Waals surface area contributed by atoms with Crippen LogP contribution in [0.1, 0.15) is 48.8 Å². The van der Waals surface area contributed by atoms with Gasteiger partial charge < -0.3 is 23.9 Å². The average Bonchev–Trinajstić information content (AvgIpc) is 3.73. The fraction of sp³-hybridized carbons (Fsp3) is 0.273. The Kier molecular flexibility index (Phi) is 6.61. The van der Waals surface area contributed by atoms with Crippen LogP contribution >= 0.6 is 11.6 Å². The quantitative estimate of drug-likeness (QED) is 0.194. The molecule has 0 saturated heterocycles. The zero-order chi connectivity index (χ0) is 29.8. The highest BCUT2D eigenvalue weighted by molar-refractivity contribution is 6.36. The SMILES string of the molecule is Cn1c(Nc2cc(C3CC3)cn([C@@H]3CC[C@H]3OCc3ccccc3)c2=O)nc2ncc(Oc3cnn4ccccc34)c(Cl)c21. The van der Waals surface area contributed by atoms with Crippen molar-refractivity contribution in [3.05, 3.63) is 106 Å². The van der Waals surface area contributed by atoms with Gasteiger partial charge in [0.1, 0.15) is 21.7 Å². The van der Waals surface area contributed by atoms with Crippen molar-refractivity contribution in [3.8, 4) is 11.5 Å². The monoisotopic (exact) mass is 607 g/mol. The van der Waals surface area contributed by atoms with Crippen LogP contribution in [0.3, 0.4) is 0 Å². The molecule has 2 aliphatic rings. The summed E-state index contributed by atoms with van der Waals surface area (Å²) in [4.78, 5) is 23.1. The summed E-state index contributed by atoms with van der Waals surface area (Å²) in [5, 5.41) is 8.00. The van der Waals surface area contributed by atoms with Gasteiger partial charge in [-0.2, -0.15) is 10.1 Å². The Morgan fingerprint density at radius 3 is 2.66 bits per heavy atom. The number of aromatic nitrogens is 6. The van der Waals surface area contributed by atoms with Gasteiger partial charge in [-0.15, -0.1) is 0 Å². The lowest BCUT2D eigenvalue weighted by Gasteiger charge is -2.38. The normalized spacial score (nSPS) is 18.0. The van der Waals surface area contributed by atoms with Crippen LogP contribution < -0.4 is 15.6 Å². The third-order valence-electron chi connectivity index (χ3n) is 8.62. The summed E-state index contributed by atoms with van der Waals surface area (Å²) in [6.45, 7) is 0.529. The highest BCUT2D eigenvalue weighted by Crippen LogP contribution is 2.42. The summed E-state index contributed by atoms with van der Waals surface area (Å²) in [7, 11) is 1.84. The number of pyridine rings is 3. The molecule has 222 valence electrons. The Balaban J connectivity index is 1.09. The summed E-state index contributed by atoms with van der Waals surface area (Å²) in [5.74, 6) is 1.87. The highest BCUT2D eigenvalue weighted by Gasteiger charge is 2.36. The van der Waals surface area contributed by atoms with Gasteiger partial charge in [0, 0.05) is 19.4 Å². The van der Waals surface area contributed by atoms with E-state index in [-0.39, 0.29) is 17.7 Å². The maximum Gasteiger partial charge on any atom is 0.274 e. The van der Waals surface area contributed by atoms with E-state index >= 15 is 0 Å². The Morgan fingerprint density at radius 1 is 1.02 bits per heavy atom. The number of hydrogen-bond acceptors (Lipinski definition) is 7. The van der Waals surface area contributed by atoms with Gasteiger partial charge in [0.05, 0.1) is 31.1 Å². The maximum absolute atomic E-state index is 13.9. The summed E-state index contributed by atoms with van der Waals surface area (Å²) >= 11 is 6.86. The van der Waals surface area contributed by atoms with Gasteiger partial charge in [0.25, 0.3) is 5.56 Å². The van der Waals surface area contributed by atoms with Crippen molar-refractivity contribution in [3.63, 3.8) is 0 Å². The van der Waals surface area contributed by atoms with Crippen LogP contribution in [0.5, 0.6) is 11.5 Å².